The fourth-order valence-corrected chi connectivity index (χ4v) is 3.71. The van der Waals surface area contributed by atoms with E-state index in [9.17, 15) is 0 Å². The summed E-state index contributed by atoms with van der Waals surface area (Å²) >= 11 is 0. The molecule has 0 aromatic carbocycles. The normalized spacial score (nSPS) is 19.8. The van der Waals surface area contributed by atoms with Crippen LogP contribution in [0.5, 0.6) is 5.88 Å². The summed E-state index contributed by atoms with van der Waals surface area (Å²) in [5, 5.41) is 8.82. The van der Waals surface area contributed by atoms with Gasteiger partial charge in [0.1, 0.15) is 23.6 Å². The van der Waals surface area contributed by atoms with Gasteiger partial charge in [-0.2, -0.15) is 0 Å². The zero-order chi connectivity index (χ0) is 18.6. The van der Waals surface area contributed by atoms with Gasteiger partial charge in [-0.1, -0.05) is 19.1 Å². The van der Waals surface area contributed by atoms with Crippen LogP contribution in [0, 0.1) is 6.92 Å². The van der Waals surface area contributed by atoms with Gasteiger partial charge in [0.05, 0.1) is 0 Å². The van der Waals surface area contributed by atoms with Gasteiger partial charge in [-0.25, -0.2) is 9.97 Å². The molecule has 6 heteroatoms. The molecule has 27 heavy (non-hydrogen) atoms. The molecule has 3 heterocycles. The number of rotatable bonds is 5. The van der Waals surface area contributed by atoms with Crippen molar-refractivity contribution in [3.05, 3.63) is 59.9 Å². The van der Waals surface area contributed by atoms with E-state index in [0.717, 1.165) is 49.6 Å². The van der Waals surface area contributed by atoms with Crippen molar-refractivity contribution in [3.63, 3.8) is 0 Å². The van der Waals surface area contributed by atoms with Crippen LogP contribution >= 0.6 is 0 Å². The maximum absolute atomic E-state index is 6.02. The standard InChI is InChI=1S/C21H25N5O/c1-3-16-7-12-19(23-14-16)26-15(2)24-25-21(26)17-8-10-18(11-9-17)27-20-6-4-5-13-22-20/h4-7,12-14,17-18H,3,8-11H2,1-2H3/t17-,18-. The first-order chi connectivity index (χ1) is 13.2. The Bertz CT molecular complexity index is 867. The molecule has 3 aromatic heterocycles. The van der Waals surface area contributed by atoms with E-state index in [1.807, 2.05) is 31.3 Å². The first-order valence-corrected chi connectivity index (χ1v) is 9.69. The van der Waals surface area contributed by atoms with Crippen LogP contribution in [0.3, 0.4) is 0 Å². The summed E-state index contributed by atoms with van der Waals surface area (Å²) in [5.41, 5.74) is 1.23. The van der Waals surface area contributed by atoms with E-state index < -0.39 is 0 Å². The van der Waals surface area contributed by atoms with Crippen molar-refractivity contribution in [1.29, 1.82) is 0 Å². The van der Waals surface area contributed by atoms with E-state index in [1.165, 1.54) is 5.56 Å². The molecule has 0 amide bonds. The number of aromatic nitrogens is 5. The molecule has 1 saturated carbocycles. The van der Waals surface area contributed by atoms with Gasteiger partial charge in [0, 0.05) is 24.4 Å². The van der Waals surface area contributed by atoms with Crippen molar-refractivity contribution in [3.8, 4) is 11.7 Å². The Morgan fingerprint density at radius 1 is 1.04 bits per heavy atom. The third-order valence-electron chi connectivity index (χ3n) is 5.26. The molecule has 0 spiro atoms. The fourth-order valence-electron chi connectivity index (χ4n) is 3.71. The van der Waals surface area contributed by atoms with Crippen LogP contribution in [0.1, 0.15) is 55.7 Å². The van der Waals surface area contributed by atoms with Gasteiger partial charge < -0.3 is 4.74 Å². The smallest absolute Gasteiger partial charge is 0.213 e. The van der Waals surface area contributed by atoms with Crippen LogP contribution in [-0.2, 0) is 6.42 Å². The lowest BCUT2D eigenvalue weighted by Crippen LogP contribution is -2.25. The monoisotopic (exact) mass is 363 g/mol. The summed E-state index contributed by atoms with van der Waals surface area (Å²) in [6, 6.07) is 9.96. The van der Waals surface area contributed by atoms with Gasteiger partial charge in [-0.3, -0.25) is 4.57 Å². The van der Waals surface area contributed by atoms with E-state index in [4.69, 9.17) is 4.74 Å². The molecule has 0 bridgehead atoms. The van der Waals surface area contributed by atoms with Crippen molar-refractivity contribution in [2.75, 3.05) is 0 Å². The maximum Gasteiger partial charge on any atom is 0.213 e. The second kappa shape index (κ2) is 7.86. The molecule has 140 valence electrons. The summed E-state index contributed by atoms with van der Waals surface area (Å²) in [4.78, 5) is 8.89. The second-order valence-corrected chi connectivity index (χ2v) is 7.08. The minimum Gasteiger partial charge on any atom is -0.474 e. The van der Waals surface area contributed by atoms with Gasteiger partial charge >= 0.3 is 0 Å². The third kappa shape index (κ3) is 3.84. The predicted molar refractivity (Wildman–Crippen MR) is 103 cm³/mol. The van der Waals surface area contributed by atoms with E-state index in [0.29, 0.717) is 11.8 Å². The van der Waals surface area contributed by atoms with Crippen molar-refractivity contribution in [1.82, 2.24) is 24.7 Å². The molecule has 0 N–H and O–H groups in total. The highest BCUT2D eigenvalue weighted by Gasteiger charge is 2.28. The van der Waals surface area contributed by atoms with E-state index in [2.05, 4.69) is 43.8 Å². The number of hydrogen-bond acceptors (Lipinski definition) is 5. The lowest BCUT2D eigenvalue weighted by molar-refractivity contribution is 0.139. The Kier molecular flexibility index (Phi) is 5.14. The number of pyridine rings is 2. The average molecular weight is 363 g/mol. The molecule has 6 nitrogen and oxygen atoms in total. The molecular formula is C21H25N5O. The molecular weight excluding hydrogens is 338 g/mol. The first kappa shape index (κ1) is 17.6. The van der Waals surface area contributed by atoms with Gasteiger partial charge in [-0.05, 0) is 56.7 Å². The SMILES string of the molecule is CCc1ccc(-n2c(C)nnc2[C@H]2CC[C@H](Oc3ccccn3)CC2)nc1. The number of aryl methyl sites for hydroxylation is 2. The molecule has 1 fully saturated rings. The van der Waals surface area contributed by atoms with Crippen LogP contribution in [0.25, 0.3) is 5.82 Å². The molecule has 0 saturated heterocycles. The van der Waals surface area contributed by atoms with Crippen LogP contribution < -0.4 is 4.74 Å². The Morgan fingerprint density at radius 3 is 2.56 bits per heavy atom. The van der Waals surface area contributed by atoms with E-state index in [1.54, 1.807) is 6.20 Å². The van der Waals surface area contributed by atoms with Gasteiger partial charge in [0.15, 0.2) is 0 Å². The largest absolute Gasteiger partial charge is 0.474 e. The minimum atomic E-state index is 0.218. The lowest BCUT2D eigenvalue weighted by Gasteiger charge is -2.28. The molecule has 0 aliphatic heterocycles. The van der Waals surface area contributed by atoms with Crippen LogP contribution in [0.15, 0.2) is 42.7 Å². The third-order valence-corrected chi connectivity index (χ3v) is 5.26. The first-order valence-electron chi connectivity index (χ1n) is 9.69. The molecule has 1 aliphatic rings. The van der Waals surface area contributed by atoms with Gasteiger partial charge in [0.25, 0.3) is 0 Å². The topological polar surface area (TPSA) is 65.7 Å². The summed E-state index contributed by atoms with van der Waals surface area (Å²) in [7, 11) is 0. The fraction of sp³-hybridized carbons (Fsp3) is 0.429. The predicted octanol–water partition coefficient (Wildman–Crippen LogP) is 4.03. The Morgan fingerprint density at radius 2 is 1.89 bits per heavy atom. The van der Waals surface area contributed by atoms with Crippen LogP contribution in [0.4, 0.5) is 0 Å². The van der Waals surface area contributed by atoms with Crippen molar-refractivity contribution < 1.29 is 4.74 Å². The Hall–Kier alpha value is -2.76. The van der Waals surface area contributed by atoms with Crippen molar-refractivity contribution in [2.45, 2.75) is 58.0 Å². The van der Waals surface area contributed by atoms with E-state index in [-0.39, 0.29) is 6.10 Å². The van der Waals surface area contributed by atoms with Crippen LogP contribution in [0.2, 0.25) is 0 Å². The molecule has 1 aliphatic carbocycles. The highest BCUT2D eigenvalue weighted by Crippen LogP contribution is 2.34. The highest BCUT2D eigenvalue weighted by atomic mass is 16.5. The molecule has 4 rings (SSSR count). The maximum atomic E-state index is 6.02. The van der Waals surface area contributed by atoms with Gasteiger partial charge in [0.2, 0.25) is 5.88 Å². The zero-order valence-corrected chi connectivity index (χ0v) is 15.9. The highest BCUT2D eigenvalue weighted by molar-refractivity contribution is 5.29. The summed E-state index contributed by atoms with van der Waals surface area (Å²) < 4.78 is 8.12. The lowest BCUT2D eigenvalue weighted by atomic mass is 9.86. The summed E-state index contributed by atoms with van der Waals surface area (Å²) in [5.74, 6) is 3.88. The summed E-state index contributed by atoms with van der Waals surface area (Å²) in [6.07, 6.45) is 8.96. The zero-order valence-electron chi connectivity index (χ0n) is 15.9. The Balaban J connectivity index is 1.47. The number of hydrogen-bond donors (Lipinski definition) is 0. The minimum absolute atomic E-state index is 0.218. The quantitative estimate of drug-likeness (QED) is 0.685. The molecule has 0 radical (unpaired) electrons. The van der Waals surface area contributed by atoms with Crippen LogP contribution in [-0.4, -0.2) is 30.8 Å². The summed E-state index contributed by atoms with van der Waals surface area (Å²) in [6.45, 7) is 4.12. The van der Waals surface area contributed by atoms with Crippen molar-refractivity contribution >= 4 is 0 Å². The molecule has 0 atom stereocenters. The Labute approximate surface area is 159 Å². The number of nitrogens with zero attached hydrogens (tertiary/aromatic N) is 5. The van der Waals surface area contributed by atoms with Gasteiger partial charge in [-0.15, -0.1) is 10.2 Å². The number of ether oxygens (including phenoxy) is 1. The second-order valence-electron chi connectivity index (χ2n) is 7.08. The molecule has 0 unspecified atom stereocenters. The van der Waals surface area contributed by atoms with E-state index >= 15 is 0 Å². The average Bonchev–Trinajstić information content (AvgIpc) is 3.11. The van der Waals surface area contributed by atoms with Crippen molar-refractivity contribution in [2.24, 2.45) is 0 Å². The molecule has 3 aromatic rings.